The van der Waals surface area contributed by atoms with E-state index in [0.29, 0.717) is 16.9 Å². The summed E-state index contributed by atoms with van der Waals surface area (Å²) in [6.45, 7) is 13.7. The quantitative estimate of drug-likeness (QED) is 0.484. The molecule has 0 aromatic heterocycles. The highest BCUT2D eigenvalue weighted by molar-refractivity contribution is 5.09. The monoisotopic (exact) mass is 374 g/mol. The van der Waals surface area contributed by atoms with E-state index in [0.717, 1.165) is 42.1 Å². The second-order valence-corrected chi connectivity index (χ2v) is 12.0. The van der Waals surface area contributed by atoms with Gasteiger partial charge in [-0.25, -0.2) is 0 Å². The Bertz CT molecular complexity index is 512. The van der Waals surface area contributed by atoms with E-state index in [-0.39, 0.29) is 0 Å². The van der Waals surface area contributed by atoms with Crippen molar-refractivity contribution in [2.75, 3.05) is 6.61 Å². The predicted molar refractivity (Wildman–Crippen MR) is 115 cm³/mol. The highest BCUT2D eigenvalue weighted by Crippen LogP contribution is 2.67. The van der Waals surface area contributed by atoms with Crippen molar-refractivity contribution in [3.05, 3.63) is 0 Å². The van der Waals surface area contributed by atoms with Crippen molar-refractivity contribution in [1.29, 1.82) is 0 Å². The highest BCUT2D eigenvalue weighted by Gasteiger charge is 2.60. The van der Waals surface area contributed by atoms with Crippen LogP contribution in [0.3, 0.4) is 0 Å². The lowest BCUT2D eigenvalue weighted by Gasteiger charge is -2.60. The molecule has 1 heterocycles. The van der Waals surface area contributed by atoms with Crippen LogP contribution in [0.15, 0.2) is 0 Å². The lowest BCUT2D eigenvalue weighted by atomic mass is 9.47. The largest absolute Gasteiger partial charge is 0.378 e. The summed E-state index contributed by atoms with van der Waals surface area (Å²) in [6.07, 6.45) is 16.5. The molecule has 3 saturated carbocycles. The first kappa shape index (κ1) is 20.2. The third kappa shape index (κ3) is 3.43. The van der Waals surface area contributed by atoms with Crippen LogP contribution in [0, 0.1) is 46.3 Å². The first-order chi connectivity index (χ1) is 12.9. The van der Waals surface area contributed by atoms with Crippen LogP contribution < -0.4 is 0 Å². The summed E-state index contributed by atoms with van der Waals surface area (Å²) in [6, 6.07) is 0. The molecule has 0 spiro atoms. The lowest BCUT2D eigenvalue weighted by molar-refractivity contribution is -0.175. The van der Waals surface area contributed by atoms with Crippen LogP contribution in [-0.2, 0) is 4.74 Å². The van der Waals surface area contributed by atoms with Crippen LogP contribution in [0.2, 0.25) is 0 Å². The van der Waals surface area contributed by atoms with E-state index >= 15 is 0 Å². The normalized spacial score (nSPS) is 48.0. The number of rotatable bonds is 5. The summed E-state index contributed by atoms with van der Waals surface area (Å²) < 4.78 is 6.29. The summed E-state index contributed by atoms with van der Waals surface area (Å²) in [5.41, 5.74) is 1.13. The molecular formula is C26H46O. The summed E-state index contributed by atoms with van der Waals surface area (Å²) in [7, 11) is 0. The number of fused-ring (bicyclic) bond motifs is 5. The Morgan fingerprint density at radius 2 is 1.63 bits per heavy atom. The van der Waals surface area contributed by atoms with E-state index in [4.69, 9.17) is 4.74 Å². The maximum atomic E-state index is 6.29. The zero-order valence-electron chi connectivity index (χ0n) is 18.9. The van der Waals surface area contributed by atoms with Gasteiger partial charge in [-0.3, -0.25) is 0 Å². The molecule has 4 fully saturated rings. The molecule has 8 atom stereocenters. The topological polar surface area (TPSA) is 9.23 Å². The SMILES string of the molecule is CC(C)CCCC(C)C1CCC2C3CCC4OCCCC4(C)C3CCC12C. The van der Waals surface area contributed by atoms with Gasteiger partial charge in [0.15, 0.2) is 0 Å². The molecule has 4 aliphatic rings. The standard InChI is InChI=1S/C26H46O/c1-18(2)8-6-9-19(3)21-11-12-22-20-10-13-24-26(5,15-7-17-27-24)23(20)14-16-25(21,22)4/h18-24H,6-17H2,1-5H3. The van der Waals surface area contributed by atoms with E-state index in [1.165, 1.54) is 70.6 Å². The Morgan fingerprint density at radius 3 is 2.41 bits per heavy atom. The fourth-order valence-electron chi connectivity index (χ4n) is 8.74. The molecule has 1 aliphatic heterocycles. The Balaban J connectivity index is 1.46. The average molecular weight is 375 g/mol. The van der Waals surface area contributed by atoms with Gasteiger partial charge in [0.1, 0.15) is 0 Å². The summed E-state index contributed by atoms with van der Waals surface area (Å²) in [4.78, 5) is 0. The van der Waals surface area contributed by atoms with E-state index in [9.17, 15) is 0 Å². The van der Waals surface area contributed by atoms with Gasteiger partial charge in [0.2, 0.25) is 0 Å². The molecule has 1 heteroatoms. The van der Waals surface area contributed by atoms with Crippen molar-refractivity contribution in [3.8, 4) is 0 Å². The minimum absolute atomic E-state index is 0.490. The molecule has 1 nitrogen and oxygen atoms in total. The molecule has 0 radical (unpaired) electrons. The molecule has 4 rings (SSSR count). The third-order valence-corrected chi connectivity index (χ3v) is 10.2. The van der Waals surface area contributed by atoms with Gasteiger partial charge >= 0.3 is 0 Å². The summed E-state index contributed by atoms with van der Waals surface area (Å²) >= 11 is 0. The van der Waals surface area contributed by atoms with Crippen molar-refractivity contribution in [1.82, 2.24) is 0 Å². The maximum absolute atomic E-state index is 6.29. The lowest BCUT2D eigenvalue weighted by Crippen LogP contribution is -2.56. The molecular weight excluding hydrogens is 328 g/mol. The van der Waals surface area contributed by atoms with Crippen molar-refractivity contribution < 1.29 is 4.74 Å². The van der Waals surface area contributed by atoms with Gasteiger partial charge in [-0.05, 0) is 97.7 Å². The molecule has 0 aromatic carbocycles. The molecule has 156 valence electrons. The molecule has 27 heavy (non-hydrogen) atoms. The van der Waals surface area contributed by atoms with Gasteiger partial charge in [-0.1, -0.05) is 53.9 Å². The Hall–Kier alpha value is -0.0400. The minimum atomic E-state index is 0.490. The van der Waals surface area contributed by atoms with Crippen molar-refractivity contribution in [2.24, 2.45) is 46.3 Å². The first-order valence-corrected chi connectivity index (χ1v) is 12.5. The minimum Gasteiger partial charge on any atom is -0.378 e. The fraction of sp³-hybridized carbons (Fsp3) is 1.00. The second-order valence-electron chi connectivity index (χ2n) is 12.0. The van der Waals surface area contributed by atoms with Crippen LogP contribution in [0.25, 0.3) is 0 Å². The van der Waals surface area contributed by atoms with Crippen LogP contribution in [-0.4, -0.2) is 12.7 Å². The predicted octanol–water partition coefficient (Wildman–Crippen LogP) is 7.49. The second kappa shape index (κ2) is 7.66. The highest BCUT2D eigenvalue weighted by atomic mass is 16.5. The van der Waals surface area contributed by atoms with Crippen LogP contribution in [0.4, 0.5) is 0 Å². The fourth-order valence-corrected chi connectivity index (χ4v) is 8.74. The molecule has 0 amide bonds. The van der Waals surface area contributed by atoms with E-state index in [1.807, 2.05) is 0 Å². The summed E-state index contributed by atoms with van der Waals surface area (Å²) in [5, 5.41) is 0. The third-order valence-electron chi connectivity index (χ3n) is 10.2. The zero-order chi connectivity index (χ0) is 19.2. The first-order valence-electron chi connectivity index (χ1n) is 12.5. The van der Waals surface area contributed by atoms with Crippen molar-refractivity contribution in [3.63, 3.8) is 0 Å². The van der Waals surface area contributed by atoms with Crippen LogP contribution >= 0.6 is 0 Å². The van der Waals surface area contributed by atoms with Gasteiger partial charge in [-0.2, -0.15) is 0 Å². The van der Waals surface area contributed by atoms with E-state index < -0.39 is 0 Å². The number of hydrogen-bond donors (Lipinski definition) is 0. The van der Waals surface area contributed by atoms with Gasteiger partial charge in [-0.15, -0.1) is 0 Å². The number of hydrogen-bond acceptors (Lipinski definition) is 1. The van der Waals surface area contributed by atoms with Gasteiger partial charge < -0.3 is 4.74 Å². The van der Waals surface area contributed by atoms with Gasteiger partial charge in [0, 0.05) is 6.61 Å². The molecule has 0 aromatic rings. The molecule has 0 N–H and O–H groups in total. The van der Waals surface area contributed by atoms with E-state index in [2.05, 4.69) is 34.6 Å². The van der Waals surface area contributed by atoms with Gasteiger partial charge in [0.25, 0.3) is 0 Å². The van der Waals surface area contributed by atoms with Gasteiger partial charge in [0.05, 0.1) is 6.10 Å². The smallest absolute Gasteiger partial charge is 0.0631 e. The van der Waals surface area contributed by atoms with Crippen molar-refractivity contribution >= 4 is 0 Å². The van der Waals surface area contributed by atoms with Crippen molar-refractivity contribution in [2.45, 2.75) is 111 Å². The maximum Gasteiger partial charge on any atom is 0.0631 e. The molecule has 3 aliphatic carbocycles. The summed E-state index contributed by atoms with van der Waals surface area (Å²) in [5.74, 6) is 5.75. The van der Waals surface area contributed by atoms with Crippen LogP contribution in [0.1, 0.15) is 105 Å². The van der Waals surface area contributed by atoms with Crippen LogP contribution in [0.5, 0.6) is 0 Å². The zero-order valence-corrected chi connectivity index (χ0v) is 18.9. The molecule has 8 unspecified atom stereocenters. The molecule has 1 saturated heterocycles. The Labute approximate surface area is 169 Å². The Morgan fingerprint density at radius 1 is 0.852 bits per heavy atom. The van der Waals surface area contributed by atoms with E-state index in [1.54, 1.807) is 0 Å². The molecule has 0 bridgehead atoms. The number of ether oxygens (including phenoxy) is 1. The Kier molecular flexibility index (Phi) is 5.74. The average Bonchev–Trinajstić information content (AvgIpc) is 2.98.